The van der Waals surface area contributed by atoms with Gasteiger partial charge in [0, 0.05) is 19.3 Å². The molecule has 0 aromatic heterocycles. The molecule has 0 rings (SSSR count). The normalized spacial score (nSPS) is 12.8. The lowest BCUT2D eigenvalue weighted by atomic mass is 10.1. The Morgan fingerprint density at radius 1 is 0.338 bits per heavy atom. The van der Waals surface area contributed by atoms with Gasteiger partial charge in [0.2, 0.25) is 0 Å². The van der Waals surface area contributed by atoms with Crippen molar-refractivity contribution in [3.05, 3.63) is 97.2 Å². The zero-order chi connectivity index (χ0) is 47.2. The predicted molar refractivity (Wildman–Crippen MR) is 279 cm³/mol. The SMILES string of the molecule is CC\C=C/C=C\C=C/C=C\CCCCCC(=O)OCC(COC(=O)CCCCCCCCCCC/C=C\C/C=C\C/C=C\CC)OC(=O)CCCCCCCCC/C=C\CCCCCC. The van der Waals surface area contributed by atoms with Crippen LogP contribution >= 0.6 is 0 Å². The van der Waals surface area contributed by atoms with E-state index in [0.717, 1.165) is 89.9 Å². The van der Waals surface area contributed by atoms with Crippen LogP contribution in [-0.4, -0.2) is 37.2 Å². The molecular formula is C59H98O6. The summed E-state index contributed by atoms with van der Waals surface area (Å²) in [6, 6.07) is 0. The van der Waals surface area contributed by atoms with Gasteiger partial charge in [0.1, 0.15) is 13.2 Å². The minimum Gasteiger partial charge on any atom is -0.462 e. The Morgan fingerprint density at radius 3 is 1.15 bits per heavy atom. The first kappa shape index (κ1) is 61.3. The van der Waals surface area contributed by atoms with Crippen molar-refractivity contribution >= 4 is 17.9 Å². The monoisotopic (exact) mass is 903 g/mol. The van der Waals surface area contributed by atoms with E-state index in [0.29, 0.717) is 19.3 Å². The van der Waals surface area contributed by atoms with Crippen LogP contribution in [0.1, 0.15) is 239 Å². The van der Waals surface area contributed by atoms with Gasteiger partial charge >= 0.3 is 17.9 Å². The van der Waals surface area contributed by atoms with Crippen LogP contribution in [0.25, 0.3) is 0 Å². The van der Waals surface area contributed by atoms with Gasteiger partial charge in [-0.1, -0.05) is 221 Å². The molecule has 0 aliphatic carbocycles. The van der Waals surface area contributed by atoms with Gasteiger partial charge in [-0.15, -0.1) is 0 Å². The summed E-state index contributed by atoms with van der Waals surface area (Å²) in [4.78, 5) is 38.0. The third-order valence-electron chi connectivity index (χ3n) is 11.1. The second-order valence-electron chi connectivity index (χ2n) is 17.5. The molecular weight excluding hydrogens is 805 g/mol. The molecule has 1 unspecified atom stereocenters. The maximum Gasteiger partial charge on any atom is 0.306 e. The zero-order valence-electron chi connectivity index (χ0n) is 42.2. The summed E-state index contributed by atoms with van der Waals surface area (Å²) in [5.41, 5.74) is 0. The molecule has 370 valence electrons. The number of unbranched alkanes of at least 4 members (excludes halogenated alkanes) is 23. The third-order valence-corrected chi connectivity index (χ3v) is 11.1. The maximum absolute atomic E-state index is 12.8. The Labute approximate surface area is 400 Å². The Bertz CT molecular complexity index is 1310. The van der Waals surface area contributed by atoms with E-state index in [2.05, 4.69) is 81.5 Å². The van der Waals surface area contributed by atoms with Gasteiger partial charge in [0.15, 0.2) is 6.10 Å². The fraction of sp³-hybridized carbons (Fsp3) is 0.678. The molecule has 0 saturated carbocycles. The smallest absolute Gasteiger partial charge is 0.306 e. The third kappa shape index (κ3) is 51.2. The molecule has 0 spiro atoms. The summed E-state index contributed by atoms with van der Waals surface area (Å²) in [6.07, 6.45) is 69.6. The van der Waals surface area contributed by atoms with Crippen molar-refractivity contribution in [1.82, 2.24) is 0 Å². The number of esters is 3. The topological polar surface area (TPSA) is 78.9 Å². The number of carbonyl (C=O) groups excluding carboxylic acids is 3. The van der Waals surface area contributed by atoms with Gasteiger partial charge in [0.05, 0.1) is 0 Å². The van der Waals surface area contributed by atoms with Crippen LogP contribution in [0.15, 0.2) is 97.2 Å². The molecule has 0 radical (unpaired) electrons. The first-order chi connectivity index (χ1) is 32.0. The molecule has 0 N–H and O–H groups in total. The summed E-state index contributed by atoms with van der Waals surface area (Å²) in [6.45, 7) is 6.33. The highest BCUT2D eigenvalue weighted by atomic mass is 16.6. The lowest BCUT2D eigenvalue weighted by Crippen LogP contribution is -2.30. The standard InChI is InChI=1S/C59H98O6/c1-4-7-10-13-16-19-22-25-27-28-29-30-32-34-37-40-43-46-49-52-58(61)64-55-56(54-63-57(60)51-48-45-42-39-36-33-24-21-18-15-12-9-6-3)65-59(62)53-50-47-44-41-38-35-31-26-23-20-17-14-11-8-5-2/h7,9-10,12,15-16,18-21,23-25,27,33,36,56H,4-6,8,11,13-14,17,22,26,28-32,34-35,37-55H2,1-3H3/b10-7-,12-9-,18-15-,19-16-,23-20-,24-21-,27-25-,36-33-. The van der Waals surface area contributed by atoms with Crippen LogP contribution in [0, 0.1) is 0 Å². The van der Waals surface area contributed by atoms with Gasteiger partial charge < -0.3 is 14.2 Å². The Hall–Kier alpha value is -3.67. The van der Waals surface area contributed by atoms with Crippen LogP contribution in [0.4, 0.5) is 0 Å². The summed E-state index contributed by atoms with van der Waals surface area (Å²) < 4.78 is 16.8. The van der Waals surface area contributed by atoms with E-state index in [-0.39, 0.29) is 31.1 Å². The molecule has 0 amide bonds. The Kier molecular flexibility index (Phi) is 50.0. The van der Waals surface area contributed by atoms with Crippen molar-refractivity contribution < 1.29 is 28.6 Å². The van der Waals surface area contributed by atoms with Crippen molar-refractivity contribution in [2.24, 2.45) is 0 Å². The number of rotatable bonds is 47. The summed E-state index contributed by atoms with van der Waals surface area (Å²) >= 11 is 0. The average molecular weight is 903 g/mol. The molecule has 0 aromatic carbocycles. The van der Waals surface area contributed by atoms with E-state index in [9.17, 15) is 14.4 Å². The second-order valence-corrected chi connectivity index (χ2v) is 17.5. The average Bonchev–Trinajstić information content (AvgIpc) is 3.30. The van der Waals surface area contributed by atoms with Crippen LogP contribution in [0.5, 0.6) is 0 Å². The summed E-state index contributed by atoms with van der Waals surface area (Å²) in [5.74, 6) is -0.946. The van der Waals surface area contributed by atoms with Crippen molar-refractivity contribution in [2.45, 2.75) is 245 Å². The lowest BCUT2D eigenvalue weighted by Gasteiger charge is -2.18. The molecule has 65 heavy (non-hydrogen) atoms. The summed E-state index contributed by atoms with van der Waals surface area (Å²) in [5, 5.41) is 0. The van der Waals surface area contributed by atoms with E-state index >= 15 is 0 Å². The van der Waals surface area contributed by atoms with Gasteiger partial charge in [-0.2, -0.15) is 0 Å². The van der Waals surface area contributed by atoms with Crippen molar-refractivity contribution in [3.8, 4) is 0 Å². The van der Waals surface area contributed by atoms with Gasteiger partial charge in [-0.05, 0) is 96.3 Å². The van der Waals surface area contributed by atoms with Crippen LogP contribution in [0.2, 0.25) is 0 Å². The van der Waals surface area contributed by atoms with Crippen LogP contribution in [-0.2, 0) is 28.6 Å². The van der Waals surface area contributed by atoms with Crippen molar-refractivity contribution in [1.29, 1.82) is 0 Å². The van der Waals surface area contributed by atoms with Gasteiger partial charge in [-0.3, -0.25) is 14.4 Å². The Morgan fingerprint density at radius 2 is 0.677 bits per heavy atom. The molecule has 0 saturated heterocycles. The van der Waals surface area contributed by atoms with E-state index in [1.165, 1.54) is 109 Å². The van der Waals surface area contributed by atoms with E-state index < -0.39 is 6.10 Å². The minimum atomic E-state index is -0.798. The number of hydrogen-bond acceptors (Lipinski definition) is 6. The van der Waals surface area contributed by atoms with E-state index in [1.807, 2.05) is 36.5 Å². The summed E-state index contributed by atoms with van der Waals surface area (Å²) in [7, 11) is 0. The van der Waals surface area contributed by atoms with E-state index in [4.69, 9.17) is 14.2 Å². The van der Waals surface area contributed by atoms with Crippen LogP contribution < -0.4 is 0 Å². The molecule has 0 aromatic rings. The van der Waals surface area contributed by atoms with E-state index in [1.54, 1.807) is 0 Å². The predicted octanol–water partition coefficient (Wildman–Crippen LogP) is 17.8. The quantitative estimate of drug-likeness (QED) is 0.0199. The number of carbonyl (C=O) groups is 3. The number of hydrogen-bond donors (Lipinski definition) is 0. The Balaban J connectivity index is 4.42. The first-order valence-corrected chi connectivity index (χ1v) is 26.8. The fourth-order valence-electron chi connectivity index (χ4n) is 7.17. The second kappa shape index (κ2) is 52.9. The molecule has 6 nitrogen and oxygen atoms in total. The largest absolute Gasteiger partial charge is 0.462 e. The van der Waals surface area contributed by atoms with Crippen molar-refractivity contribution in [3.63, 3.8) is 0 Å². The molecule has 6 heteroatoms. The number of ether oxygens (including phenoxy) is 3. The fourth-order valence-corrected chi connectivity index (χ4v) is 7.17. The molecule has 0 heterocycles. The maximum atomic E-state index is 12.8. The molecule has 1 atom stereocenters. The molecule has 0 aliphatic heterocycles. The van der Waals surface area contributed by atoms with Gasteiger partial charge in [0.25, 0.3) is 0 Å². The highest BCUT2D eigenvalue weighted by Crippen LogP contribution is 2.14. The number of allylic oxidation sites excluding steroid dienone is 16. The minimum absolute atomic E-state index is 0.0955. The highest BCUT2D eigenvalue weighted by molar-refractivity contribution is 5.71. The lowest BCUT2D eigenvalue weighted by molar-refractivity contribution is -0.167. The zero-order valence-corrected chi connectivity index (χ0v) is 42.2. The first-order valence-electron chi connectivity index (χ1n) is 26.8. The van der Waals surface area contributed by atoms with Crippen LogP contribution in [0.3, 0.4) is 0 Å². The van der Waals surface area contributed by atoms with Crippen molar-refractivity contribution in [2.75, 3.05) is 13.2 Å². The molecule has 0 fully saturated rings. The van der Waals surface area contributed by atoms with Gasteiger partial charge in [-0.25, -0.2) is 0 Å². The highest BCUT2D eigenvalue weighted by Gasteiger charge is 2.19. The molecule has 0 bridgehead atoms. The molecule has 0 aliphatic rings.